The Balaban J connectivity index is 1.96. The molecule has 0 saturated heterocycles. The van der Waals surface area contributed by atoms with E-state index >= 15 is 0 Å². The summed E-state index contributed by atoms with van der Waals surface area (Å²) < 4.78 is 6.13. The van der Waals surface area contributed by atoms with Crippen molar-refractivity contribution in [3.05, 3.63) is 59.9 Å². The van der Waals surface area contributed by atoms with Gasteiger partial charge in [0.05, 0.1) is 0 Å². The molecule has 0 aliphatic rings. The first-order valence-corrected chi connectivity index (χ1v) is 10.6. The highest BCUT2D eigenvalue weighted by molar-refractivity contribution is 6.70. The van der Waals surface area contributed by atoms with Crippen molar-refractivity contribution >= 4 is 14.5 Å². The molecular weight excluding hydrogens is 276 g/mol. The van der Waals surface area contributed by atoms with Gasteiger partial charge in [0, 0.05) is 25.2 Å². The van der Waals surface area contributed by atoms with Crippen LogP contribution < -0.4 is 4.43 Å². The third kappa shape index (κ3) is 5.51. The van der Waals surface area contributed by atoms with Crippen LogP contribution in [0.5, 0.6) is 5.75 Å². The van der Waals surface area contributed by atoms with E-state index < -0.39 is 8.32 Å². The van der Waals surface area contributed by atoms with Gasteiger partial charge < -0.3 is 4.43 Å². The zero-order valence-corrected chi connectivity index (χ0v) is 13.9. The smallest absolute Gasteiger partial charge is 0.242 e. The van der Waals surface area contributed by atoms with Crippen LogP contribution in [0.4, 0.5) is 0 Å². The van der Waals surface area contributed by atoms with E-state index in [9.17, 15) is 0 Å². The molecule has 110 valence electrons. The van der Waals surface area contributed by atoms with Gasteiger partial charge in [-0.3, -0.25) is 9.98 Å². The third-order valence-electron chi connectivity index (χ3n) is 2.85. The second kappa shape index (κ2) is 7.18. The second-order valence-electron chi connectivity index (χ2n) is 5.89. The van der Waals surface area contributed by atoms with Crippen LogP contribution in [0.3, 0.4) is 0 Å². The summed E-state index contributed by atoms with van der Waals surface area (Å²) in [5.41, 5.74) is 2.31. The summed E-state index contributed by atoms with van der Waals surface area (Å²) in [5, 5.41) is 0. The van der Waals surface area contributed by atoms with Gasteiger partial charge in [-0.05, 0) is 55.4 Å². The highest BCUT2D eigenvalue weighted by Crippen LogP contribution is 2.22. The number of hydrogen-bond donors (Lipinski definition) is 0. The van der Waals surface area contributed by atoms with E-state index in [2.05, 4.69) is 47.8 Å². The normalized spacial score (nSPS) is 11.8. The van der Waals surface area contributed by atoms with Crippen molar-refractivity contribution in [2.75, 3.05) is 6.54 Å². The van der Waals surface area contributed by atoms with Crippen molar-refractivity contribution < 1.29 is 4.43 Å². The molecule has 2 rings (SSSR count). The topological polar surface area (TPSA) is 34.5 Å². The van der Waals surface area contributed by atoms with Crippen LogP contribution in [0.15, 0.2) is 53.8 Å². The molecule has 0 fully saturated rings. The van der Waals surface area contributed by atoms with Crippen LogP contribution in [0, 0.1) is 0 Å². The molecule has 1 heterocycles. The monoisotopic (exact) mass is 298 g/mol. The summed E-state index contributed by atoms with van der Waals surface area (Å²) in [6.07, 6.45) is 6.34. The van der Waals surface area contributed by atoms with Gasteiger partial charge in [0.15, 0.2) is 0 Å². The number of aliphatic imine (C=N–C) groups is 1. The summed E-state index contributed by atoms with van der Waals surface area (Å²) in [6, 6.07) is 12.2. The number of rotatable bonds is 6. The molecule has 0 saturated carbocycles. The molecule has 3 nitrogen and oxygen atoms in total. The van der Waals surface area contributed by atoms with Crippen molar-refractivity contribution in [3.8, 4) is 5.75 Å². The summed E-state index contributed by atoms with van der Waals surface area (Å²) >= 11 is 0. The standard InChI is InChI=1S/C17H22N2OSi/c1-21(2,3)20-17-7-5-4-6-16(17)10-13-19-14-15-8-11-18-12-9-15/h4-9,11-12,14H,10,13H2,1-3H3. The Morgan fingerprint density at radius 1 is 1.10 bits per heavy atom. The average molecular weight is 298 g/mol. The zero-order chi connectivity index (χ0) is 15.1. The van der Waals surface area contributed by atoms with E-state index in [1.54, 1.807) is 12.4 Å². The molecule has 0 aliphatic heterocycles. The minimum absolute atomic E-state index is 0.758. The Hall–Kier alpha value is -1.94. The molecule has 1 aromatic heterocycles. The lowest BCUT2D eigenvalue weighted by molar-refractivity contribution is 0.549. The van der Waals surface area contributed by atoms with E-state index in [1.807, 2.05) is 24.4 Å². The molecular formula is C17H22N2OSi. The van der Waals surface area contributed by atoms with E-state index in [0.717, 1.165) is 24.3 Å². The van der Waals surface area contributed by atoms with Crippen molar-refractivity contribution in [3.63, 3.8) is 0 Å². The molecule has 0 atom stereocenters. The largest absolute Gasteiger partial charge is 0.544 e. The van der Waals surface area contributed by atoms with Crippen LogP contribution >= 0.6 is 0 Å². The van der Waals surface area contributed by atoms with Crippen LogP contribution in [-0.4, -0.2) is 26.1 Å². The van der Waals surface area contributed by atoms with Gasteiger partial charge >= 0.3 is 0 Å². The highest BCUT2D eigenvalue weighted by Gasteiger charge is 2.17. The van der Waals surface area contributed by atoms with Crippen molar-refractivity contribution in [2.45, 2.75) is 26.1 Å². The van der Waals surface area contributed by atoms with Gasteiger partial charge in [-0.15, -0.1) is 0 Å². The molecule has 0 radical (unpaired) electrons. The molecule has 2 aromatic rings. The predicted molar refractivity (Wildman–Crippen MR) is 90.8 cm³/mol. The van der Waals surface area contributed by atoms with Gasteiger partial charge in [0.2, 0.25) is 8.32 Å². The van der Waals surface area contributed by atoms with Crippen LogP contribution in [0.25, 0.3) is 0 Å². The van der Waals surface area contributed by atoms with Crippen LogP contribution in [0.1, 0.15) is 11.1 Å². The summed E-state index contributed by atoms with van der Waals surface area (Å²) in [4.78, 5) is 8.47. The van der Waals surface area contributed by atoms with Gasteiger partial charge in [-0.2, -0.15) is 0 Å². The molecule has 0 amide bonds. The second-order valence-corrected chi connectivity index (χ2v) is 10.3. The Morgan fingerprint density at radius 2 is 1.81 bits per heavy atom. The van der Waals surface area contributed by atoms with Gasteiger partial charge in [-0.25, -0.2) is 0 Å². The fraction of sp³-hybridized carbons (Fsp3) is 0.294. The maximum atomic E-state index is 6.13. The maximum absolute atomic E-state index is 6.13. The molecule has 0 N–H and O–H groups in total. The number of pyridine rings is 1. The minimum atomic E-state index is -1.57. The Kier molecular flexibility index (Phi) is 5.28. The maximum Gasteiger partial charge on any atom is 0.242 e. The first-order chi connectivity index (χ1) is 10.0. The van der Waals surface area contributed by atoms with E-state index in [0.29, 0.717) is 0 Å². The number of benzene rings is 1. The number of para-hydroxylation sites is 1. The first-order valence-electron chi connectivity index (χ1n) is 7.21. The van der Waals surface area contributed by atoms with Crippen molar-refractivity contribution in [1.82, 2.24) is 4.98 Å². The van der Waals surface area contributed by atoms with E-state index in [-0.39, 0.29) is 0 Å². The number of nitrogens with zero attached hydrogens (tertiary/aromatic N) is 2. The Labute approximate surface area is 127 Å². The Bertz CT molecular complexity index is 591. The lowest BCUT2D eigenvalue weighted by Crippen LogP contribution is -2.29. The summed E-state index contributed by atoms with van der Waals surface area (Å²) in [7, 11) is -1.57. The summed E-state index contributed by atoms with van der Waals surface area (Å²) in [5.74, 6) is 1.01. The molecule has 4 heteroatoms. The predicted octanol–water partition coefficient (Wildman–Crippen LogP) is 3.96. The SMILES string of the molecule is C[Si](C)(C)Oc1ccccc1CCN=Cc1ccncc1. The minimum Gasteiger partial charge on any atom is -0.544 e. The van der Waals surface area contributed by atoms with Crippen LogP contribution in [0.2, 0.25) is 19.6 Å². The van der Waals surface area contributed by atoms with Crippen molar-refractivity contribution in [1.29, 1.82) is 0 Å². The van der Waals surface area contributed by atoms with Gasteiger partial charge in [0.25, 0.3) is 0 Å². The summed E-state index contributed by atoms with van der Waals surface area (Å²) in [6.45, 7) is 7.36. The molecule has 0 aliphatic carbocycles. The average Bonchev–Trinajstić information content (AvgIpc) is 2.45. The zero-order valence-electron chi connectivity index (χ0n) is 12.9. The first kappa shape index (κ1) is 15.4. The Morgan fingerprint density at radius 3 is 2.52 bits per heavy atom. The van der Waals surface area contributed by atoms with Crippen LogP contribution in [-0.2, 0) is 6.42 Å². The lowest BCUT2D eigenvalue weighted by atomic mass is 10.1. The quantitative estimate of drug-likeness (QED) is 0.597. The van der Waals surface area contributed by atoms with E-state index in [1.165, 1.54) is 5.56 Å². The number of aromatic nitrogens is 1. The number of hydrogen-bond acceptors (Lipinski definition) is 3. The van der Waals surface area contributed by atoms with Crippen molar-refractivity contribution in [2.24, 2.45) is 4.99 Å². The molecule has 0 bridgehead atoms. The molecule has 21 heavy (non-hydrogen) atoms. The molecule has 1 aromatic carbocycles. The fourth-order valence-corrected chi connectivity index (χ4v) is 2.80. The third-order valence-corrected chi connectivity index (χ3v) is 3.68. The molecule has 0 spiro atoms. The van der Waals surface area contributed by atoms with E-state index in [4.69, 9.17) is 4.43 Å². The highest BCUT2D eigenvalue weighted by atomic mass is 28.4. The van der Waals surface area contributed by atoms with Gasteiger partial charge in [0.1, 0.15) is 5.75 Å². The fourth-order valence-electron chi connectivity index (χ4n) is 1.94. The van der Waals surface area contributed by atoms with Gasteiger partial charge in [-0.1, -0.05) is 18.2 Å². The molecule has 0 unspecified atom stereocenters. The lowest BCUT2D eigenvalue weighted by Gasteiger charge is -2.21.